The SMILES string of the molecule is COc1ccc(S(=O)(=O)N(CC(=O)N2CCN(c3cccc(C(F)(F)F)c3)CC2)C2CCCCC2)cc1OC. The normalized spacial score (nSPS) is 17.4. The van der Waals surface area contributed by atoms with Gasteiger partial charge in [0.05, 0.1) is 31.2 Å². The van der Waals surface area contributed by atoms with Crippen molar-refractivity contribution in [3.05, 3.63) is 48.0 Å². The van der Waals surface area contributed by atoms with Crippen molar-refractivity contribution in [3.8, 4) is 11.5 Å². The van der Waals surface area contributed by atoms with Crippen LogP contribution in [0.25, 0.3) is 0 Å². The summed E-state index contributed by atoms with van der Waals surface area (Å²) in [6, 6.07) is 9.21. The molecule has 1 aliphatic heterocycles. The van der Waals surface area contributed by atoms with E-state index >= 15 is 0 Å². The van der Waals surface area contributed by atoms with Gasteiger partial charge in [0.1, 0.15) is 0 Å². The summed E-state index contributed by atoms with van der Waals surface area (Å²) in [5.41, 5.74) is -0.279. The van der Waals surface area contributed by atoms with E-state index in [2.05, 4.69) is 0 Å². The molecule has 0 radical (unpaired) electrons. The molecular weight excluding hydrogens is 535 g/mol. The van der Waals surface area contributed by atoms with Crippen molar-refractivity contribution < 1.29 is 35.9 Å². The number of benzene rings is 2. The Hall–Kier alpha value is -2.99. The first kappa shape index (κ1) is 29.0. The van der Waals surface area contributed by atoms with Crippen molar-refractivity contribution in [2.75, 3.05) is 51.8 Å². The summed E-state index contributed by atoms with van der Waals surface area (Å²) in [6.45, 7) is 0.955. The van der Waals surface area contributed by atoms with Gasteiger partial charge in [-0.25, -0.2) is 8.42 Å². The first-order chi connectivity index (χ1) is 18.5. The number of ether oxygens (including phenoxy) is 2. The van der Waals surface area contributed by atoms with Gasteiger partial charge in [-0.05, 0) is 43.2 Å². The summed E-state index contributed by atoms with van der Waals surface area (Å²) in [5, 5.41) is 0. The molecule has 39 heavy (non-hydrogen) atoms. The molecule has 1 amide bonds. The first-order valence-corrected chi connectivity index (χ1v) is 14.4. The molecule has 2 fully saturated rings. The van der Waals surface area contributed by atoms with Crippen molar-refractivity contribution >= 4 is 21.6 Å². The fourth-order valence-corrected chi connectivity index (χ4v) is 6.87. The van der Waals surface area contributed by atoms with E-state index in [1.807, 2.05) is 0 Å². The number of hydrogen-bond acceptors (Lipinski definition) is 6. The molecule has 4 rings (SSSR count). The monoisotopic (exact) mass is 569 g/mol. The molecule has 12 heteroatoms. The lowest BCUT2D eigenvalue weighted by molar-refractivity contribution is -0.137. The summed E-state index contributed by atoms with van der Waals surface area (Å²) in [5.74, 6) is 0.350. The van der Waals surface area contributed by atoms with Crippen LogP contribution >= 0.6 is 0 Å². The smallest absolute Gasteiger partial charge is 0.416 e. The van der Waals surface area contributed by atoms with Crippen LogP contribution in [-0.4, -0.2) is 76.5 Å². The van der Waals surface area contributed by atoms with E-state index in [9.17, 15) is 26.4 Å². The Morgan fingerprint density at radius 3 is 2.23 bits per heavy atom. The second-order valence-electron chi connectivity index (χ2n) is 9.77. The van der Waals surface area contributed by atoms with E-state index in [1.165, 1.54) is 42.8 Å². The van der Waals surface area contributed by atoms with Crippen molar-refractivity contribution in [1.29, 1.82) is 0 Å². The molecule has 1 aliphatic carbocycles. The van der Waals surface area contributed by atoms with E-state index in [0.717, 1.165) is 31.4 Å². The molecule has 0 bridgehead atoms. The van der Waals surface area contributed by atoms with Crippen molar-refractivity contribution in [2.45, 2.75) is 49.2 Å². The van der Waals surface area contributed by atoms with Gasteiger partial charge >= 0.3 is 6.18 Å². The number of halogens is 3. The highest BCUT2D eigenvalue weighted by atomic mass is 32.2. The molecule has 8 nitrogen and oxygen atoms in total. The Morgan fingerprint density at radius 1 is 0.949 bits per heavy atom. The number of carbonyl (C=O) groups excluding carboxylic acids is 1. The van der Waals surface area contributed by atoms with Gasteiger partial charge < -0.3 is 19.3 Å². The molecule has 1 heterocycles. The van der Waals surface area contributed by atoms with Crippen LogP contribution in [-0.2, 0) is 21.0 Å². The van der Waals surface area contributed by atoms with Crippen LogP contribution < -0.4 is 14.4 Å². The molecule has 1 saturated heterocycles. The van der Waals surface area contributed by atoms with Crippen LogP contribution in [0.2, 0.25) is 0 Å². The lowest BCUT2D eigenvalue weighted by Crippen LogP contribution is -2.53. The Labute approximate surface area is 227 Å². The number of methoxy groups -OCH3 is 2. The lowest BCUT2D eigenvalue weighted by Gasteiger charge is -2.38. The standard InChI is InChI=1S/C27H34F3N3O5S/c1-37-24-12-11-23(18-25(24)38-2)39(35,36)33(21-8-4-3-5-9-21)19-26(34)32-15-13-31(14-16-32)22-10-6-7-20(17-22)27(28,29)30/h6-7,10-12,17-18,21H,3-5,8-9,13-16,19H2,1-2H3. The average molecular weight is 570 g/mol. The minimum Gasteiger partial charge on any atom is -0.493 e. The summed E-state index contributed by atoms with van der Waals surface area (Å²) in [4.78, 5) is 16.8. The Kier molecular flexibility index (Phi) is 8.95. The van der Waals surface area contributed by atoms with Crippen LogP contribution in [0.5, 0.6) is 11.5 Å². The van der Waals surface area contributed by atoms with Gasteiger partial charge in [0.15, 0.2) is 11.5 Å². The van der Waals surface area contributed by atoms with Crippen LogP contribution in [0, 0.1) is 0 Å². The number of nitrogens with zero attached hydrogens (tertiary/aromatic N) is 3. The third-order valence-electron chi connectivity index (χ3n) is 7.41. The number of hydrogen-bond donors (Lipinski definition) is 0. The third kappa shape index (κ3) is 6.60. The average Bonchev–Trinajstić information content (AvgIpc) is 2.95. The number of rotatable bonds is 8. The van der Waals surface area contributed by atoms with Gasteiger partial charge in [-0.2, -0.15) is 17.5 Å². The fourth-order valence-electron chi connectivity index (χ4n) is 5.22. The van der Waals surface area contributed by atoms with E-state index in [1.54, 1.807) is 15.9 Å². The molecule has 2 aromatic carbocycles. The predicted octanol–water partition coefficient (Wildman–Crippen LogP) is 4.39. The number of amides is 1. The number of sulfonamides is 1. The van der Waals surface area contributed by atoms with Gasteiger partial charge in [0.25, 0.3) is 0 Å². The summed E-state index contributed by atoms with van der Waals surface area (Å²) >= 11 is 0. The summed E-state index contributed by atoms with van der Waals surface area (Å²) < 4.78 is 78.9. The molecule has 0 spiro atoms. The van der Waals surface area contributed by atoms with Gasteiger partial charge in [0, 0.05) is 44.0 Å². The fraction of sp³-hybridized carbons (Fsp3) is 0.519. The van der Waals surface area contributed by atoms with Crippen molar-refractivity contribution in [1.82, 2.24) is 9.21 Å². The zero-order chi connectivity index (χ0) is 28.2. The second-order valence-corrected chi connectivity index (χ2v) is 11.7. The molecule has 0 aromatic heterocycles. The van der Waals surface area contributed by atoms with E-state index in [-0.39, 0.29) is 42.2 Å². The van der Waals surface area contributed by atoms with Crippen molar-refractivity contribution in [2.24, 2.45) is 0 Å². The second kappa shape index (κ2) is 12.0. The molecule has 214 valence electrons. The van der Waals surface area contributed by atoms with Crippen LogP contribution in [0.15, 0.2) is 47.4 Å². The van der Waals surface area contributed by atoms with Gasteiger partial charge in [-0.15, -0.1) is 0 Å². The number of alkyl halides is 3. The summed E-state index contributed by atoms with van der Waals surface area (Å²) in [6.07, 6.45) is -0.312. The Morgan fingerprint density at radius 2 is 1.62 bits per heavy atom. The number of carbonyl (C=O) groups is 1. The predicted molar refractivity (Wildman–Crippen MR) is 141 cm³/mol. The highest BCUT2D eigenvalue weighted by Crippen LogP contribution is 2.34. The molecule has 0 unspecified atom stereocenters. The summed E-state index contributed by atoms with van der Waals surface area (Å²) in [7, 11) is -1.14. The highest BCUT2D eigenvalue weighted by molar-refractivity contribution is 7.89. The Balaban J connectivity index is 1.49. The van der Waals surface area contributed by atoms with Gasteiger partial charge in [0.2, 0.25) is 15.9 Å². The minimum atomic E-state index is -4.43. The zero-order valence-corrected chi connectivity index (χ0v) is 22.9. The lowest BCUT2D eigenvalue weighted by atomic mass is 9.95. The maximum atomic E-state index is 13.8. The largest absolute Gasteiger partial charge is 0.493 e. The molecule has 0 N–H and O–H groups in total. The molecule has 1 saturated carbocycles. The van der Waals surface area contributed by atoms with Crippen molar-refractivity contribution in [3.63, 3.8) is 0 Å². The van der Waals surface area contributed by atoms with Gasteiger partial charge in [-0.1, -0.05) is 25.3 Å². The third-order valence-corrected chi connectivity index (χ3v) is 9.30. The zero-order valence-electron chi connectivity index (χ0n) is 22.1. The number of anilines is 1. The Bertz CT molecular complexity index is 1260. The quantitative estimate of drug-likeness (QED) is 0.469. The van der Waals surface area contributed by atoms with Gasteiger partial charge in [-0.3, -0.25) is 4.79 Å². The molecule has 0 atom stereocenters. The van der Waals surface area contributed by atoms with Crippen LogP contribution in [0.1, 0.15) is 37.7 Å². The van der Waals surface area contributed by atoms with E-state index in [4.69, 9.17) is 9.47 Å². The highest BCUT2D eigenvalue weighted by Gasteiger charge is 2.36. The topological polar surface area (TPSA) is 79.4 Å². The minimum absolute atomic E-state index is 0.0212. The maximum absolute atomic E-state index is 13.8. The maximum Gasteiger partial charge on any atom is 0.416 e. The molecule has 2 aromatic rings. The first-order valence-electron chi connectivity index (χ1n) is 13.0. The number of piperazine rings is 1. The van der Waals surface area contributed by atoms with E-state index in [0.29, 0.717) is 37.4 Å². The molecule has 2 aliphatic rings. The molecular formula is C27H34F3N3O5S. The van der Waals surface area contributed by atoms with Crippen LogP contribution in [0.3, 0.4) is 0 Å². The van der Waals surface area contributed by atoms with Crippen LogP contribution in [0.4, 0.5) is 18.9 Å². The van der Waals surface area contributed by atoms with E-state index < -0.39 is 21.8 Å².